The molecule has 1 aromatic carbocycles. The van der Waals surface area contributed by atoms with Crippen LogP contribution in [0.5, 0.6) is 11.5 Å². The molecule has 160 valence electrons. The summed E-state index contributed by atoms with van der Waals surface area (Å²) in [5.41, 5.74) is 3.45. The molecule has 1 saturated heterocycles. The highest BCUT2D eigenvalue weighted by atomic mass is 32.1. The lowest BCUT2D eigenvalue weighted by molar-refractivity contribution is -0.122. The van der Waals surface area contributed by atoms with Gasteiger partial charge in [0.05, 0.1) is 19.4 Å². The smallest absolute Gasteiger partial charge is 0.276 e. The lowest BCUT2D eigenvalue weighted by Gasteiger charge is -2.15. The van der Waals surface area contributed by atoms with E-state index in [1.165, 1.54) is 0 Å². The summed E-state index contributed by atoms with van der Waals surface area (Å²) in [5, 5.41) is 7.78. The third-order valence-corrected chi connectivity index (χ3v) is 5.26. The number of carbonyl (C=O) groups excluding carboxylic acids is 1. The average Bonchev–Trinajstić information content (AvgIpc) is 3.21. The summed E-state index contributed by atoms with van der Waals surface area (Å²) in [4.78, 5) is 14.5. The first kappa shape index (κ1) is 21.8. The van der Waals surface area contributed by atoms with Gasteiger partial charge in [-0.05, 0) is 70.1 Å². The molecule has 3 rings (SSSR count). The lowest BCUT2D eigenvalue weighted by atomic mass is 10.1. The third kappa shape index (κ3) is 4.64. The topological polar surface area (TPSA) is 68.6 Å². The van der Waals surface area contributed by atoms with Crippen molar-refractivity contribution in [2.24, 2.45) is 0 Å². The van der Waals surface area contributed by atoms with Gasteiger partial charge in [-0.1, -0.05) is 6.07 Å². The van der Waals surface area contributed by atoms with E-state index in [2.05, 4.69) is 10.4 Å². The van der Waals surface area contributed by atoms with Gasteiger partial charge in [-0.3, -0.25) is 14.4 Å². The summed E-state index contributed by atoms with van der Waals surface area (Å²) in [7, 11) is 0. The molecule has 1 aliphatic rings. The van der Waals surface area contributed by atoms with E-state index in [1.54, 1.807) is 11.1 Å². The van der Waals surface area contributed by atoms with Gasteiger partial charge >= 0.3 is 0 Å². The number of aromatic nitrogens is 2. The SMILES string of the molecule is CCOc1ccc(CCN2C(=O)/C(=C\c3cnn(CC)c3C)NC2=S)cc1OCC. The van der Waals surface area contributed by atoms with Gasteiger partial charge in [-0.25, -0.2) is 0 Å². The maximum Gasteiger partial charge on any atom is 0.276 e. The molecule has 0 atom stereocenters. The number of rotatable bonds is 9. The Kier molecular flexibility index (Phi) is 7.10. The van der Waals surface area contributed by atoms with Crippen LogP contribution in [0.1, 0.15) is 37.6 Å². The molecule has 0 unspecified atom stereocenters. The first-order valence-corrected chi connectivity index (χ1v) is 10.6. The maximum atomic E-state index is 12.9. The summed E-state index contributed by atoms with van der Waals surface area (Å²) >= 11 is 5.40. The molecule has 8 heteroatoms. The van der Waals surface area contributed by atoms with Crippen LogP contribution in [0, 0.1) is 6.92 Å². The number of nitrogens with zero attached hydrogens (tertiary/aromatic N) is 3. The van der Waals surface area contributed by atoms with Crippen molar-refractivity contribution in [3.8, 4) is 11.5 Å². The minimum Gasteiger partial charge on any atom is -0.490 e. The summed E-state index contributed by atoms with van der Waals surface area (Å²) in [5.74, 6) is 1.32. The van der Waals surface area contributed by atoms with E-state index in [0.29, 0.717) is 42.7 Å². The molecule has 2 heterocycles. The molecule has 2 aromatic rings. The standard InChI is InChI=1S/C22H28N4O3S/c1-5-26-15(4)17(14-23-26)13-18-21(27)25(22(30)24-18)11-10-16-8-9-19(28-6-2)20(12-16)29-7-3/h8-9,12-14H,5-7,10-11H2,1-4H3,(H,24,30)/b18-13+. The second kappa shape index (κ2) is 9.75. The fourth-order valence-electron chi connectivity index (χ4n) is 3.34. The fourth-order valence-corrected chi connectivity index (χ4v) is 3.63. The van der Waals surface area contributed by atoms with E-state index in [4.69, 9.17) is 21.7 Å². The minimum atomic E-state index is -0.125. The van der Waals surface area contributed by atoms with Crippen LogP contribution in [-0.4, -0.2) is 45.5 Å². The number of amides is 1. The van der Waals surface area contributed by atoms with Crippen molar-refractivity contribution in [1.29, 1.82) is 0 Å². The van der Waals surface area contributed by atoms with Crippen LogP contribution in [0.15, 0.2) is 30.1 Å². The zero-order chi connectivity index (χ0) is 21.7. The molecule has 7 nitrogen and oxygen atoms in total. The minimum absolute atomic E-state index is 0.125. The monoisotopic (exact) mass is 428 g/mol. The summed E-state index contributed by atoms with van der Waals surface area (Å²) in [6.07, 6.45) is 4.23. The summed E-state index contributed by atoms with van der Waals surface area (Å²) in [6.45, 7) is 10.3. The van der Waals surface area contributed by atoms with Crippen LogP contribution in [0.3, 0.4) is 0 Å². The van der Waals surface area contributed by atoms with Crippen LogP contribution in [0.4, 0.5) is 0 Å². The Hall–Kier alpha value is -2.87. The van der Waals surface area contributed by atoms with E-state index in [0.717, 1.165) is 29.1 Å². The van der Waals surface area contributed by atoms with Gasteiger partial charge in [0.25, 0.3) is 5.91 Å². The number of ether oxygens (including phenoxy) is 2. The molecule has 0 bridgehead atoms. The molecule has 1 amide bonds. The summed E-state index contributed by atoms with van der Waals surface area (Å²) < 4.78 is 13.2. The first-order chi connectivity index (χ1) is 14.5. The number of aryl methyl sites for hydroxylation is 1. The van der Waals surface area contributed by atoms with E-state index in [1.807, 2.05) is 56.7 Å². The predicted molar refractivity (Wildman–Crippen MR) is 121 cm³/mol. The van der Waals surface area contributed by atoms with Gasteiger partial charge in [0.2, 0.25) is 0 Å². The number of carbonyl (C=O) groups is 1. The number of thiocarbonyl (C=S) groups is 1. The highest BCUT2D eigenvalue weighted by Crippen LogP contribution is 2.29. The Morgan fingerprint density at radius 2 is 1.90 bits per heavy atom. The van der Waals surface area contributed by atoms with Crippen molar-refractivity contribution < 1.29 is 14.3 Å². The van der Waals surface area contributed by atoms with Crippen LogP contribution < -0.4 is 14.8 Å². The highest BCUT2D eigenvalue weighted by Gasteiger charge is 2.30. The Morgan fingerprint density at radius 3 is 2.57 bits per heavy atom. The number of hydrogen-bond acceptors (Lipinski definition) is 5. The Labute approximate surface area is 182 Å². The molecule has 1 aromatic heterocycles. The molecule has 0 aliphatic carbocycles. The predicted octanol–water partition coefficient (Wildman–Crippen LogP) is 3.31. The van der Waals surface area contributed by atoms with Crippen LogP contribution >= 0.6 is 12.2 Å². The third-order valence-electron chi connectivity index (χ3n) is 4.93. The van der Waals surface area contributed by atoms with Crippen molar-refractivity contribution in [2.75, 3.05) is 19.8 Å². The van der Waals surface area contributed by atoms with Crippen molar-refractivity contribution in [3.63, 3.8) is 0 Å². The average molecular weight is 429 g/mol. The number of nitrogens with one attached hydrogen (secondary N) is 1. The molecule has 1 fully saturated rings. The molecule has 30 heavy (non-hydrogen) atoms. The van der Waals surface area contributed by atoms with Crippen molar-refractivity contribution >= 4 is 29.3 Å². The van der Waals surface area contributed by atoms with Gasteiger partial charge in [-0.2, -0.15) is 5.10 Å². The van der Waals surface area contributed by atoms with Crippen molar-refractivity contribution in [2.45, 2.75) is 40.7 Å². The van der Waals surface area contributed by atoms with Gasteiger partial charge in [0.15, 0.2) is 16.6 Å². The van der Waals surface area contributed by atoms with E-state index < -0.39 is 0 Å². The highest BCUT2D eigenvalue weighted by molar-refractivity contribution is 7.80. The lowest BCUT2D eigenvalue weighted by Crippen LogP contribution is -2.32. The van der Waals surface area contributed by atoms with E-state index >= 15 is 0 Å². The van der Waals surface area contributed by atoms with Crippen molar-refractivity contribution in [1.82, 2.24) is 20.0 Å². The first-order valence-electron chi connectivity index (χ1n) is 10.2. The van der Waals surface area contributed by atoms with Crippen LogP contribution in [-0.2, 0) is 17.8 Å². The van der Waals surface area contributed by atoms with E-state index in [-0.39, 0.29) is 5.91 Å². The second-order valence-electron chi connectivity index (χ2n) is 6.84. The Balaban J connectivity index is 1.71. The quantitative estimate of drug-likeness (QED) is 0.488. The number of hydrogen-bond donors (Lipinski definition) is 1. The van der Waals surface area contributed by atoms with Gasteiger partial charge in [0, 0.05) is 24.3 Å². The Bertz CT molecular complexity index is 967. The molecule has 0 spiro atoms. The molecule has 0 saturated carbocycles. The zero-order valence-corrected chi connectivity index (χ0v) is 18.7. The van der Waals surface area contributed by atoms with Gasteiger partial charge < -0.3 is 14.8 Å². The molecular weight excluding hydrogens is 400 g/mol. The molecule has 0 radical (unpaired) electrons. The molecule has 1 N–H and O–H groups in total. The van der Waals surface area contributed by atoms with Gasteiger partial charge in [-0.15, -0.1) is 0 Å². The van der Waals surface area contributed by atoms with Gasteiger partial charge in [0.1, 0.15) is 5.70 Å². The fraction of sp³-hybridized carbons (Fsp3) is 0.409. The van der Waals surface area contributed by atoms with E-state index in [9.17, 15) is 4.79 Å². The summed E-state index contributed by atoms with van der Waals surface area (Å²) in [6, 6.07) is 5.86. The Morgan fingerprint density at radius 1 is 1.17 bits per heavy atom. The normalized spacial score (nSPS) is 15.1. The number of benzene rings is 1. The maximum absolute atomic E-state index is 12.9. The zero-order valence-electron chi connectivity index (χ0n) is 17.9. The van der Waals surface area contributed by atoms with Crippen molar-refractivity contribution in [3.05, 3.63) is 46.9 Å². The molecular formula is C22H28N4O3S. The molecule has 1 aliphatic heterocycles. The van der Waals surface area contributed by atoms with Crippen LogP contribution in [0.2, 0.25) is 0 Å². The largest absolute Gasteiger partial charge is 0.490 e. The second-order valence-corrected chi connectivity index (χ2v) is 7.23. The van der Waals surface area contributed by atoms with Crippen LogP contribution in [0.25, 0.3) is 6.08 Å².